The van der Waals surface area contributed by atoms with Crippen molar-refractivity contribution in [3.63, 3.8) is 0 Å². The zero-order chi connectivity index (χ0) is 10.5. The van der Waals surface area contributed by atoms with Crippen LogP contribution in [-0.4, -0.2) is 22.7 Å². The van der Waals surface area contributed by atoms with Gasteiger partial charge in [-0.3, -0.25) is 0 Å². The second kappa shape index (κ2) is 5.28. The minimum Gasteiger partial charge on any atom is -0.378 e. The van der Waals surface area contributed by atoms with Gasteiger partial charge in [0.2, 0.25) is 0 Å². The van der Waals surface area contributed by atoms with Crippen LogP contribution < -0.4 is 5.73 Å². The Bertz CT molecular complexity index is 267. The first-order valence-corrected chi connectivity index (χ1v) is 5.72. The van der Waals surface area contributed by atoms with Crippen molar-refractivity contribution in [2.75, 3.05) is 6.61 Å². The molecule has 1 fully saturated rings. The zero-order valence-electron chi connectivity index (χ0n) is 8.98. The average molecular weight is 209 g/mol. The van der Waals surface area contributed by atoms with Crippen LogP contribution in [0.4, 0.5) is 0 Å². The summed E-state index contributed by atoms with van der Waals surface area (Å²) < 4.78 is 5.56. The van der Waals surface area contributed by atoms with Crippen LogP contribution in [0.25, 0.3) is 0 Å². The first kappa shape index (κ1) is 10.6. The van der Waals surface area contributed by atoms with Crippen molar-refractivity contribution >= 4 is 0 Å². The molecule has 15 heavy (non-hydrogen) atoms. The number of hydrogen-bond acceptors (Lipinski definition) is 3. The van der Waals surface area contributed by atoms with Crippen molar-refractivity contribution in [2.45, 2.75) is 44.2 Å². The van der Waals surface area contributed by atoms with Gasteiger partial charge in [-0.25, -0.2) is 4.98 Å². The molecule has 2 heterocycles. The van der Waals surface area contributed by atoms with Gasteiger partial charge in [-0.2, -0.15) is 0 Å². The normalized spacial score (nSPS) is 23.1. The lowest BCUT2D eigenvalue weighted by molar-refractivity contribution is 0.101. The van der Waals surface area contributed by atoms with Crippen LogP contribution in [0.1, 0.15) is 44.0 Å². The smallest absolute Gasteiger partial charge is 0.123 e. The highest BCUT2D eigenvalue weighted by Gasteiger charge is 2.16. The summed E-state index contributed by atoms with van der Waals surface area (Å²) in [5.41, 5.74) is 5.99. The van der Waals surface area contributed by atoms with E-state index in [1.165, 1.54) is 12.8 Å². The Morgan fingerprint density at radius 2 is 2.60 bits per heavy atom. The molecule has 2 atom stereocenters. The highest BCUT2D eigenvalue weighted by atomic mass is 16.5. The van der Waals surface area contributed by atoms with Gasteiger partial charge in [-0.1, -0.05) is 0 Å². The van der Waals surface area contributed by atoms with Gasteiger partial charge >= 0.3 is 0 Å². The second-order valence-corrected chi connectivity index (χ2v) is 4.15. The fourth-order valence-corrected chi connectivity index (χ4v) is 2.05. The molecule has 1 aromatic rings. The van der Waals surface area contributed by atoms with Crippen molar-refractivity contribution in [2.24, 2.45) is 5.73 Å². The van der Waals surface area contributed by atoms with Gasteiger partial charge in [0.05, 0.1) is 12.1 Å². The number of nitrogens with one attached hydrogen (secondary N) is 1. The molecule has 3 N–H and O–H groups in total. The highest BCUT2D eigenvalue weighted by Crippen LogP contribution is 2.20. The number of nitrogens with two attached hydrogens (primary N) is 1. The average Bonchev–Trinajstić information content (AvgIpc) is 2.90. The van der Waals surface area contributed by atoms with E-state index in [1.807, 2.05) is 6.20 Å². The maximum absolute atomic E-state index is 5.99. The quantitative estimate of drug-likeness (QED) is 0.776. The van der Waals surface area contributed by atoms with E-state index < -0.39 is 0 Å². The van der Waals surface area contributed by atoms with Crippen molar-refractivity contribution in [3.05, 3.63) is 18.2 Å². The molecular formula is C11H19N3O. The van der Waals surface area contributed by atoms with Gasteiger partial charge in [0.1, 0.15) is 5.82 Å². The summed E-state index contributed by atoms with van der Waals surface area (Å²) in [4.78, 5) is 7.20. The molecule has 0 aliphatic carbocycles. The molecule has 1 aliphatic heterocycles. The van der Waals surface area contributed by atoms with E-state index in [2.05, 4.69) is 9.97 Å². The summed E-state index contributed by atoms with van der Waals surface area (Å²) in [7, 11) is 0. The molecular weight excluding hydrogens is 190 g/mol. The third-order valence-electron chi connectivity index (χ3n) is 2.94. The predicted molar refractivity (Wildman–Crippen MR) is 58.3 cm³/mol. The number of nitrogens with zero attached hydrogens (tertiary/aromatic N) is 1. The summed E-state index contributed by atoms with van der Waals surface area (Å²) in [5, 5.41) is 0. The van der Waals surface area contributed by atoms with Gasteiger partial charge in [-0.05, 0) is 32.1 Å². The minimum atomic E-state index is 0.0430. The zero-order valence-corrected chi connectivity index (χ0v) is 8.98. The van der Waals surface area contributed by atoms with Crippen LogP contribution in [0.5, 0.6) is 0 Å². The fourth-order valence-electron chi connectivity index (χ4n) is 2.05. The van der Waals surface area contributed by atoms with E-state index >= 15 is 0 Å². The number of H-pyrrole nitrogens is 1. The van der Waals surface area contributed by atoms with Crippen molar-refractivity contribution in [1.29, 1.82) is 0 Å². The van der Waals surface area contributed by atoms with E-state index in [0.717, 1.165) is 31.7 Å². The summed E-state index contributed by atoms with van der Waals surface area (Å²) in [6.45, 7) is 0.939. The molecule has 1 aliphatic rings. The topological polar surface area (TPSA) is 63.9 Å². The van der Waals surface area contributed by atoms with Crippen molar-refractivity contribution in [3.8, 4) is 0 Å². The summed E-state index contributed by atoms with van der Waals surface area (Å²) in [6.07, 6.45) is 9.71. The number of rotatable bonds is 5. The van der Waals surface area contributed by atoms with Crippen LogP contribution >= 0.6 is 0 Å². The Hall–Kier alpha value is -0.870. The van der Waals surface area contributed by atoms with Gasteiger partial charge in [0, 0.05) is 19.0 Å². The van der Waals surface area contributed by atoms with Crippen LogP contribution in [0.3, 0.4) is 0 Å². The Balaban J connectivity index is 1.65. The lowest BCUT2D eigenvalue weighted by Crippen LogP contribution is -2.13. The molecule has 0 saturated carbocycles. The molecule has 2 rings (SSSR count). The van der Waals surface area contributed by atoms with E-state index in [9.17, 15) is 0 Å². The third-order valence-corrected chi connectivity index (χ3v) is 2.94. The fraction of sp³-hybridized carbons (Fsp3) is 0.727. The highest BCUT2D eigenvalue weighted by molar-refractivity contribution is 4.93. The van der Waals surface area contributed by atoms with Crippen LogP contribution in [0, 0.1) is 0 Å². The summed E-state index contributed by atoms with van der Waals surface area (Å²) >= 11 is 0. The van der Waals surface area contributed by atoms with Crippen molar-refractivity contribution in [1.82, 2.24) is 9.97 Å². The molecule has 4 nitrogen and oxygen atoms in total. The van der Waals surface area contributed by atoms with E-state index in [0.29, 0.717) is 6.10 Å². The summed E-state index contributed by atoms with van der Waals surface area (Å²) in [6, 6.07) is 0.0430. The molecule has 1 saturated heterocycles. The monoisotopic (exact) mass is 209 g/mol. The third kappa shape index (κ3) is 3.04. The SMILES string of the molecule is NC(CCCC1CCCO1)c1ncc[nH]1. The lowest BCUT2D eigenvalue weighted by Gasteiger charge is -2.11. The first-order valence-electron chi connectivity index (χ1n) is 5.72. The standard InChI is InChI=1S/C11H19N3O/c12-10(11-13-6-7-14-11)5-1-3-9-4-2-8-15-9/h6-7,9-10H,1-5,8,12H2,(H,13,14). The Morgan fingerprint density at radius 1 is 1.67 bits per heavy atom. The van der Waals surface area contributed by atoms with E-state index in [1.54, 1.807) is 6.20 Å². The molecule has 0 amide bonds. The molecule has 0 spiro atoms. The first-order chi connectivity index (χ1) is 7.36. The molecule has 2 unspecified atom stereocenters. The van der Waals surface area contributed by atoms with E-state index in [-0.39, 0.29) is 6.04 Å². The molecule has 4 heteroatoms. The Morgan fingerprint density at radius 3 is 3.27 bits per heavy atom. The minimum absolute atomic E-state index is 0.0430. The molecule has 0 aromatic carbocycles. The maximum Gasteiger partial charge on any atom is 0.123 e. The van der Waals surface area contributed by atoms with Gasteiger partial charge in [-0.15, -0.1) is 0 Å². The number of ether oxygens (including phenoxy) is 1. The van der Waals surface area contributed by atoms with Crippen LogP contribution in [-0.2, 0) is 4.74 Å². The lowest BCUT2D eigenvalue weighted by atomic mass is 10.1. The van der Waals surface area contributed by atoms with Gasteiger partial charge in [0.25, 0.3) is 0 Å². The number of hydrogen-bond donors (Lipinski definition) is 2. The number of imidazole rings is 1. The molecule has 0 bridgehead atoms. The molecule has 0 radical (unpaired) electrons. The Kier molecular flexibility index (Phi) is 3.75. The number of aromatic nitrogens is 2. The molecule has 84 valence electrons. The predicted octanol–water partition coefficient (Wildman–Crippen LogP) is 1.76. The Labute approximate surface area is 90.2 Å². The van der Waals surface area contributed by atoms with E-state index in [4.69, 9.17) is 10.5 Å². The molecule has 1 aromatic heterocycles. The van der Waals surface area contributed by atoms with Gasteiger partial charge < -0.3 is 15.5 Å². The maximum atomic E-state index is 5.99. The largest absolute Gasteiger partial charge is 0.378 e. The van der Waals surface area contributed by atoms with Crippen LogP contribution in [0.2, 0.25) is 0 Å². The van der Waals surface area contributed by atoms with Gasteiger partial charge in [0.15, 0.2) is 0 Å². The van der Waals surface area contributed by atoms with Crippen LogP contribution in [0.15, 0.2) is 12.4 Å². The number of aromatic amines is 1. The summed E-state index contributed by atoms with van der Waals surface area (Å²) in [5.74, 6) is 0.891. The second-order valence-electron chi connectivity index (χ2n) is 4.15. The van der Waals surface area contributed by atoms with Crippen molar-refractivity contribution < 1.29 is 4.74 Å².